The minimum atomic E-state index is -3.67. The van der Waals surface area contributed by atoms with Crippen LogP contribution in [0.2, 0.25) is 0 Å². The predicted octanol–water partition coefficient (Wildman–Crippen LogP) is 3.58. The molecular weight excluding hydrogens is 336 g/mol. The van der Waals surface area contributed by atoms with Crippen LogP contribution in [0.15, 0.2) is 71.6 Å². The summed E-state index contributed by atoms with van der Waals surface area (Å²) in [5.74, 6) is 0.710. The van der Waals surface area contributed by atoms with Gasteiger partial charge in [0, 0.05) is 5.69 Å². The van der Waals surface area contributed by atoms with Gasteiger partial charge in [0.15, 0.2) is 11.6 Å². The van der Waals surface area contributed by atoms with Crippen molar-refractivity contribution in [2.45, 2.75) is 18.2 Å². The monoisotopic (exact) mass is 354 g/mol. The average molecular weight is 354 g/mol. The molecule has 0 spiro atoms. The van der Waals surface area contributed by atoms with E-state index in [2.05, 4.69) is 27.2 Å². The summed E-state index contributed by atoms with van der Waals surface area (Å²) in [7, 11) is -3.67. The van der Waals surface area contributed by atoms with Crippen LogP contribution in [0.5, 0.6) is 0 Å². The Hall–Kier alpha value is -2.93. The molecule has 0 saturated heterocycles. The summed E-state index contributed by atoms with van der Waals surface area (Å²) < 4.78 is 27.0. The Morgan fingerprint density at radius 2 is 1.48 bits per heavy atom. The highest BCUT2D eigenvalue weighted by Gasteiger charge is 2.14. The molecule has 7 heteroatoms. The Kier molecular flexibility index (Phi) is 4.95. The third-order valence-electron chi connectivity index (χ3n) is 3.62. The van der Waals surface area contributed by atoms with Crippen molar-refractivity contribution in [2.75, 3.05) is 10.0 Å². The van der Waals surface area contributed by atoms with Crippen molar-refractivity contribution in [3.8, 4) is 0 Å². The van der Waals surface area contributed by atoms with E-state index >= 15 is 0 Å². The molecule has 0 radical (unpaired) electrons. The fraction of sp³-hybridized carbons (Fsp3) is 0.111. The van der Waals surface area contributed by atoms with Crippen molar-refractivity contribution in [3.05, 3.63) is 72.3 Å². The minimum absolute atomic E-state index is 0.165. The predicted molar refractivity (Wildman–Crippen MR) is 98.4 cm³/mol. The molecule has 0 fully saturated rings. The van der Waals surface area contributed by atoms with Gasteiger partial charge < -0.3 is 5.32 Å². The zero-order valence-corrected chi connectivity index (χ0v) is 14.5. The summed E-state index contributed by atoms with van der Waals surface area (Å²) in [6.45, 7) is 2.08. The first-order chi connectivity index (χ1) is 12.1. The van der Waals surface area contributed by atoms with Gasteiger partial charge in [0.05, 0.1) is 4.90 Å². The van der Waals surface area contributed by atoms with Gasteiger partial charge >= 0.3 is 0 Å². The smallest absolute Gasteiger partial charge is 0.263 e. The van der Waals surface area contributed by atoms with Crippen LogP contribution in [0.25, 0.3) is 0 Å². The second-order valence-corrected chi connectivity index (χ2v) is 7.04. The van der Waals surface area contributed by atoms with Crippen LogP contribution < -0.4 is 10.0 Å². The number of hydrogen-bond acceptors (Lipinski definition) is 5. The number of aromatic nitrogens is 2. The van der Waals surface area contributed by atoms with Crippen molar-refractivity contribution in [3.63, 3.8) is 0 Å². The Morgan fingerprint density at radius 3 is 2.16 bits per heavy atom. The first kappa shape index (κ1) is 16.9. The molecule has 1 aromatic heterocycles. The molecule has 2 aromatic carbocycles. The van der Waals surface area contributed by atoms with Crippen molar-refractivity contribution < 1.29 is 8.42 Å². The fourth-order valence-electron chi connectivity index (χ4n) is 2.34. The molecule has 1 heterocycles. The third-order valence-corrected chi connectivity index (χ3v) is 4.99. The molecule has 0 unspecified atom stereocenters. The van der Waals surface area contributed by atoms with Gasteiger partial charge in [0.2, 0.25) is 0 Å². The molecule has 3 rings (SSSR count). The van der Waals surface area contributed by atoms with Crippen LogP contribution in [0.3, 0.4) is 0 Å². The zero-order valence-electron chi connectivity index (χ0n) is 13.7. The molecule has 0 bridgehead atoms. The topological polar surface area (TPSA) is 84.0 Å². The third kappa shape index (κ3) is 4.13. The fourth-order valence-corrected chi connectivity index (χ4v) is 3.36. The molecule has 0 saturated carbocycles. The minimum Gasteiger partial charge on any atom is -0.339 e. The van der Waals surface area contributed by atoms with Gasteiger partial charge in [-0.15, -0.1) is 10.2 Å². The van der Waals surface area contributed by atoms with Crippen molar-refractivity contribution in [1.29, 1.82) is 0 Å². The highest BCUT2D eigenvalue weighted by Crippen LogP contribution is 2.20. The van der Waals surface area contributed by atoms with Crippen LogP contribution in [0.1, 0.15) is 12.5 Å². The van der Waals surface area contributed by atoms with Gasteiger partial charge in [0.1, 0.15) is 0 Å². The molecule has 0 amide bonds. The van der Waals surface area contributed by atoms with Gasteiger partial charge in [-0.3, -0.25) is 4.72 Å². The highest BCUT2D eigenvalue weighted by atomic mass is 32.2. The molecule has 3 aromatic rings. The largest absolute Gasteiger partial charge is 0.339 e. The number of rotatable bonds is 6. The number of hydrogen-bond donors (Lipinski definition) is 2. The maximum atomic E-state index is 12.3. The van der Waals surface area contributed by atoms with E-state index in [4.69, 9.17) is 0 Å². The summed E-state index contributed by atoms with van der Waals surface area (Å²) in [5, 5.41) is 11.2. The SMILES string of the molecule is CCc1ccccc1Nc1ccc(NS(=O)(=O)c2ccccc2)nn1. The summed E-state index contributed by atoms with van der Waals surface area (Å²) in [4.78, 5) is 0.177. The molecule has 6 nitrogen and oxygen atoms in total. The number of benzene rings is 2. The van der Waals surface area contributed by atoms with Crippen LogP contribution in [-0.4, -0.2) is 18.6 Å². The molecule has 25 heavy (non-hydrogen) atoms. The van der Waals surface area contributed by atoms with E-state index in [1.54, 1.807) is 30.3 Å². The maximum absolute atomic E-state index is 12.3. The molecule has 0 aliphatic carbocycles. The molecule has 128 valence electrons. The first-order valence-electron chi connectivity index (χ1n) is 7.85. The number of nitrogens with one attached hydrogen (secondary N) is 2. The van der Waals surface area contributed by atoms with Gasteiger partial charge in [-0.25, -0.2) is 8.42 Å². The van der Waals surface area contributed by atoms with Crippen molar-refractivity contribution in [1.82, 2.24) is 10.2 Å². The summed E-state index contributed by atoms with van der Waals surface area (Å²) in [6, 6.07) is 19.3. The van der Waals surface area contributed by atoms with Gasteiger partial charge in [-0.2, -0.15) is 0 Å². The van der Waals surface area contributed by atoms with E-state index in [9.17, 15) is 8.42 Å². The van der Waals surface area contributed by atoms with Gasteiger partial charge in [-0.05, 0) is 42.3 Å². The normalized spacial score (nSPS) is 11.1. The highest BCUT2D eigenvalue weighted by molar-refractivity contribution is 7.92. The lowest BCUT2D eigenvalue weighted by Gasteiger charge is -2.10. The Bertz CT molecular complexity index is 942. The summed E-state index contributed by atoms with van der Waals surface area (Å²) >= 11 is 0. The lowest BCUT2D eigenvalue weighted by molar-refractivity contribution is 0.601. The Balaban J connectivity index is 1.74. The van der Waals surface area contributed by atoms with Gasteiger partial charge in [-0.1, -0.05) is 43.3 Å². The second-order valence-electron chi connectivity index (χ2n) is 5.36. The Labute approximate surface area is 147 Å². The molecule has 0 aliphatic rings. The quantitative estimate of drug-likeness (QED) is 0.707. The van der Waals surface area contributed by atoms with E-state index in [-0.39, 0.29) is 10.7 Å². The van der Waals surface area contributed by atoms with Crippen molar-refractivity contribution >= 4 is 27.3 Å². The second kappa shape index (κ2) is 7.31. The number of sulfonamides is 1. The van der Waals surface area contributed by atoms with Crippen LogP contribution >= 0.6 is 0 Å². The number of nitrogens with zero attached hydrogens (tertiary/aromatic N) is 2. The van der Waals surface area contributed by atoms with E-state index in [1.165, 1.54) is 12.1 Å². The van der Waals surface area contributed by atoms with Crippen LogP contribution in [0, 0.1) is 0 Å². The lowest BCUT2D eigenvalue weighted by atomic mass is 10.1. The van der Waals surface area contributed by atoms with Crippen LogP contribution in [0.4, 0.5) is 17.3 Å². The summed E-state index contributed by atoms with van der Waals surface area (Å²) in [5.41, 5.74) is 2.12. The molecular formula is C18H18N4O2S. The van der Waals surface area contributed by atoms with Crippen LogP contribution in [-0.2, 0) is 16.4 Å². The number of para-hydroxylation sites is 1. The van der Waals surface area contributed by atoms with E-state index in [0.717, 1.165) is 17.7 Å². The standard InChI is InChI=1S/C18H18N4O2S/c1-2-14-8-6-7-11-16(14)19-17-12-13-18(21-20-17)22-25(23,24)15-9-4-3-5-10-15/h3-13H,2H2,1H3,(H,19,20)(H,21,22). The average Bonchev–Trinajstić information content (AvgIpc) is 2.64. The molecule has 2 N–H and O–H groups in total. The number of aryl methyl sites for hydroxylation is 1. The van der Waals surface area contributed by atoms with E-state index in [1.807, 2.05) is 24.3 Å². The van der Waals surface area contributed by atoms with Crippen molar-refractivity contribution in [2.24, 2.45) is 0 Å². The lowest BCUT2D eigenvalue weighted by Crippen LogP contribution is -2.14. The van der Waals surface area contributed by atoms with E-state index < -0.39 is 10.0 Å². The Morgan fingerprint density at radius 1 is 0.840 bits per heavy atom. The number of anilines is 3. The van der Waals surface area contributed by atoms with Gasteiger partial charge in [0.25, 0.3) is 10.0 Å². The molecule has 0 atom stereocenters. The van der Waals surface area contributed by atoms with E-state index in [0.29, 0.717) is 5.82 Å². The summed E-state index contributed by atoms with van der Waals surface area (Å²) in [6.07, 6.45) is 0.894. The zero-order chi connectivity index (χ0) is 17.7. The first-order valence-corrected chi connectivity index (χ1v) is 9.33. The maximum Gasteiger partial charge on any atom is 0.263 e. The molecule has 0 aliphatic heterocycles.